The second-order valence-corrected chi connectivity index (χ2v) is 1.59. The molecule has 0 fully saturated rings. The summed E-state index contributed by atoms with van der Waals surface area (Å²) in [6.07, 6.45) is 5.62. The molecule has 0 radical (unpaired) electrons. The van der Waals surface area contributed by atoms with Crippen molar-refractivity contribution in [3.05, 3.63) is 17.7 Å². The molecule has 0 amide bonds. The first-order valence-electron chi connectivity index (χ1n) is 2.31. The lowest BCUT2D eigenvalue weighted by molar-refractivity contribution is 0.566. The molecule has 1 rings (SSSR count). The lowest BCUT2D eigenvalue weighted by Crippen LogP contribution is -1.69. The molecule has 0 N–H and O–H groups in total. The van der Waals surface area contributed by atoms with Gasteiger partial charge in [0, 0.05) is 5.57 Å². The minimum Gasteiger partial charge on any atom is -0.234 e. The number of hydrogen-bond donors (Lipinski definition) is 0. The topological polar surface area (TPSA) is 17.1 Å². The molecule has 0 unspecified atom stereocenters. The number of hydrogen-bond acceptors (Lipinski definition) is 1. The van der Waals surface area contributed by atoms with Crippen molar-refractivity contribution in [2.75, 3.05) is 0 Å². The molecule has 36 valence electrons. The van der Waals surface area contributed by atoms with Gasteiger partial charge in [0.1, 0.15) is 5.94 Å². The van der Waals surface area contributed by atoms with Crippen LogP contribution in [-0.4, -0.2) is 5.94 Å². The van der Waals surface area contributed by atoms with Crippen LogP contribution in [0.4, 0.5) is 0 Å². The van der Waals surface area contributed by atoms with Crippen LogP contribution in [0.3, 0.4) is 0 Å². The zero-order chi connectivity index (χ0) is 5.11. The van der Waals surface area contributed by atoms with Crippen LogP contribution in [-0.2, 0) is 4.79 Å². The summed E-state index contributed by atoms with van der Waals surface area (Å²) in [4.78, 5) is 9.81. The zero-order valence-electron chi connectivity index (χ0n) is 3.98. The molecule has 1 heteroatoms. The second-order valence-electron chi connectivity index (χ2n) is 1.59. The summed E-state index contributed by atoms with van der Waals surface area (Å²) in [5.74, 6) is 1.87. The molecule has 0 spiro atoms. The van der Waals surface area contributed by atoms with Crippen molar-refractivity contribution >= 4 is 5.94 Å². The van der Waals surface area contributed by atoms with Gasteiger partial charge in [0.15, 0.2) is 0 Å². The Hall–Kier alpha value is -0.810. The molecule has 0 aromatic rings. The van der Waals surface area contributed by atoms with Crippen LogP contribution in [0.2, 0.25) is 0 Å². The summed E-state index contributed by atoms with van der Waals surface area (Å²) >= 11 is 0. The van der Waals surface area contributed by atoms with Crippen molar-refractivity contribution in [1.29, 1.82) is 0 Å². The second kappa shape index (κ2) is 1.76. The molecule has 0 atom stereocenters. The van der Waals surface area contributed by atoms with Crippen molar-refractivity contribution in [1.82, 2.24) is 0 Å². The highest BCUT2D eigenvalue weighted by Gasteiger charge is 1.97. The molecule has 1 aliphatic carbocycles. The van der Waals surface area contributed by atoms with Gasteiger partial charge >= 0.3 is 0 Å². The Bertz CT molecular complexity index is 128. The maximum atomic E-state index is 9.81. The third-order valence-electron chi connectivity index (χ3n) is 1.04. The number of carbonyl (C=O) groups excluding carboxylic acids is 1. The van der Waals surface area contributed by atoms with Crippen molar-refractivity contribution in [3.63, 3.8) is 0 Å². The largest absolute Gasteiger partial charge is 0.234 e. The average Bonchev–Trinajstić information content (AvgIpc) is 2.14. The summed E-state index contributed by atoms with van der Waals surface area (Å²) in [6.45, 7) is 0. The molecule has 0 aromatic carbocycles. The fraction of sp³-hybridized carbons (Fsp3) is 0.333. The lowest BCUT2D eigenvalue weighted by Gasteiger charge is -1.77. The predicted molar refractivity (Wildman–Crippen MR) is 27.6 cm³/mol. The standard InChI is InChI=1S/C6H6O/c7-5-6-3-1-2-4-6/h1-2H,3-4H2. The van der Waals surface area contributed by atoms with Gasteiger partial charge in [0.2, 0.25) is 0 Å². The Morgan fingerprint density at radius 2 is 2.00 bits per heavy atom. The Balaban J connectivity index is 2.68. The highest BCUT2D eigenvalue weighted by atomic mass is 16.1. The van der Waals surface area contributed by atoms with Crippen LogP contribution in [0.25, 0.3) is 0 Å². The first kappa shape index (κ1) is 4.35. The smallest absolute Gasteiger partial charge is 0.124 e. The molecule has 0 aromatic heterocycles. The van der Waals surface area contributed by atoms with E-state index in [1.807, 2.05) is 18.1 Å². The van der Waals surface area contributed by atoms with Crippen molar-refractivity contribution in [2.24, 2.45) is 0 Å². The molecular formula is C6H6O. The van der Waals surface area contributed by atoms with Gasteiger partial charge in [-0.25, -0.2) is 4.79 Å². The molecule has 0 saturated heterocycles. The quantitative estimate of drug-likeness (QED) is 0.324. The van der Waals surface area contributed by atoms with Gasteiger partial charge in [-0.05, 0) is 12.8 Å². The Labute approximate surface area is 42.3 Å². The minimum atomic E-state index is 0.823. The maximum Gasteiger partial charge on any atom is 0.124 e. The van der Waals surface area contributed by atoms with E-state index in [1.165, 1.54) is 0 Å². The number of allylic oxidation sites excluding steroid dienone is 3. The predicted octanol–water partition coefficient (Wildman–Crippen LogP) is 1.09. The highest BCUT2D eigenvalue weighted by molar-refractivity contribution is 5.55. The van der Waals surface area contributed by atoms with Crippen LogP contribution >= 0.6 is 0 Å². The van der Waals surface area contributed by atoms with Gasteiger partial charge in [-0.2, -0.15) is 0 Å². The lowest BCUT2D eigenvalue weighted by atomic mass is 10.2. The van der Waals surface area contributed by atoms with Crippen molar-refractivity contribution in [3.8, 4) is 0 Å². The van der Waals surface area contributed by atoms with E-state index in [9.17, 15) is 4.79 Å². The minimum absolute atomic E-state index is 0.823. The van der Waals surface area contributed by atoms with Crippen molar-refractivity contribution < 1.29 is 4.79 Å². The maximum absolute atomic E-state index is 9.81. The van der Waals surface area contributed by atoms with Gasteiger partial charge < -0.3 is 0 Å². The van der Waals surface area contributed by atoms with Crippen molar-refractivity contribution in [2.45, 2.75) is 12.8 Å². The van der Waals surface area contributed by atoms with Crippen LogP contribution < -0.4 is 0 Å². The first-order chi connectivity index (χ1) is 3.43. The monoisotopic (exact) mass is 94.0 g/mol. The van der Waals surface area contributed by atoms with E-state index >= 15 is 0 Å². The Morgan fingerprint density at radius 1 is 1.43 bits per heavy atom. The van der Waals surface area contributed by atoms with E-state index in [4.69, 9.17) is 0 Å². The average molecular weight is 94.1 g/mol. The van der Waals surface area contributed by atoms with Crippen LogP contribution in [0.15, 0.2) is 17.7 Å². The summed E-state index contributed by atoms with van der Waals surface area (Å²) in [5.41, 5.74) is 0.875. The molecule has 0 aliphatic heterocycles. The van der Waals surface area contributed by atoms with E-state index in [0.29, 0.717) is 0 Å². The van der Waals surface area contributed by atoms with Crippen LogP contribution in [0.5, 0.6) is 0 Å². The van der Waals surface area contributed by atoms with Crippen LogP contribution in [0.1, 0.15) is 12.8 Å². The van der Waals surface area contributed by atoms with Gasteiger partial charge in [0.25, 0.3) is 0 Å². The fourth-order valence-corrected chi connectivity index (χ4v) is 0.618. The number of rotatable bonds is 0. The van der Waals surface area contributed by atoms with Gasteiger partial charge in [-0.1, -0.05) is 12.2 Å². The van der Waals surface area contributed by atoms with Crippen LogP contribution in [0, 0.1) is 0 Å². The SMILES string of the molecule is O=C=C1CC=CC1. The molecule has 1 nitrogen and oxygen atoms in total. The van der Waals surface area contributed by atoms with Gasteiger partial charge in [-0.3, -0.25) is 0 Å². The van der Waals surface area contributed by atoms with E-state index in [-0.39, 0.29) is 0 Å². The van der Waals surface area contributed by atoms with Gasteiger partial charge in [0.05, 0.1) is 0 Å². The Kier molecular flexibility index (Phi) is 1.10. The van der Waals surface area contributed by atoms with Gasteiger partial charge in [-0.15, -0.1) is 0 Å². The summed E-state index contributed by atoms with van der Waals surface area (Å²) in [6, 6.07) is 0. The molecule has 7 heavy (non-hydrogen) atoms. The first-order valence-corrected chi connectivity index (χ1v) is 2.31. The van der Waals surface area contributed by atoms with E-state index in [0.717, 1.165) is 18.4 Å². The fourth-order valence-electron chi connectivity index (χ4n) is 0.618. The summed E-state index contributed by atoms with van der Waals surface area (Å²) < 4.78 is 0. The van der Waals surface area contributed by atoms with E-state index < -0.39 is 0 Å². The zero-order valence-corrected chi connectivity index (χ0v) is 3.98. The Morgan fingerprint density at radius 3 is 2.29 bits per heavy atom. The molecule has 0 bridgehead atoms. The summed E-state index contributed by atoms with van der Waals surface area (Å²) in [5, 5.41) is 0. The third kappa shape index (κ3) is 0.787. The summed E-state index contributed by atoms with van der Waals surface area (Å²) in [7, 11) is 0. The molecule has 0 saturated carbocycles. The molecule has 0 heterocycles. The molecular weight excluding hydrogens is 88.1 g/mol. The highest BCUT2D eigenvalue weighted by Crippen LogP contribution is 2.11. The van der Waals surface area contributed by atoms with E-state index in [1.54, 1.807) is 0 Å². The third-order valence-corrected chi connectivity index (χ3v) is 1.04. The molecule has 1 aliphatic rings. The van der Waals surface area contributed by atoms with E-state index in [2.05, 4.69) is 0 Å². The normalized spacial score (nSPS) is 17.4.